The molecule has 7 heteroatoms. The van der Waals surface area contributed by atoms with Gasteiger partial charge in [-0.2, -0.15) is 4.98 Å². The summed E-state index contributed by atoms with van der Waals surface area (Å²) in [5.41, 5.74) is 1.13. The summed E-state index contributed by atoms with van der Waals surface area (Å²) < 4.78 is 6.91. The van der Waals surface area contributed by atoms with E-state index in [-0.39, 0.29) is 18.1 Å². The lowest BCUT2D eigenvalue weighted by molar-refractivity contribution is -0.133. The Kier molecular flexibility index (Phi) is 6.09. The Hall–Kier alpha value is -1.73. The molecule has 2 aliphatic heterocycles. The van der Waals surface area contributed by atoms with Gasteiger partial charge < -0.3 is 9.64 Å². The van der Waals surface area contributed by atoms with Crippen molar-refractivity contribution >= 4 is 5.91 Å². The smallest absolute Gasteiger partial charge is 0.348 e. The summed E-state index contributed by atoms with van der Waals surface area (Å²) in [4.78, 5) is 33.1. The van der Waals surface area contributed by atoms with Crippen LogP contribution in [-0.4, -0.2) is 70.7 Å². The number of aryl methyl sites for hydroxylation is 2. The van der Waals surface area contributed by atoms with Crippen molar-refractivity contribution in [2.75, 3.05) is 39.4 Å². The van der Waals surface area contributed by atoms with Crippen molar-refractivity contribution in [1.82, 2.24) is 19.4 Å². The van der Waals surface area contributed by atoms with E-state index in [1.807, 2.05) is 17.9 Å². The van der Waals surface area contributed by atoms with Crippen LogP contribution in [0.15, 0.2) is 10.9 Å². The second-order valence-corrected chi connectivity index (χ2v) is 7.51. The fourth-order valence-corrected chi connectivity index (χ4v) is 4.12. The second-order valence-electron chi connectivity index (χ2n) is 7.51. The van der Waals surface area contributed by atoms with Crippen LogP contribution in [0, 0.1) is 19.8 Å². The van der Waals surface area contributed by atoms with Gasteiger partial charge in [-0.1, -0.05) is 0 Å². The van der Waals surface area contributed by atoms with Crippen LogP contribution in [0.3, 0.4) is 0 Å². The predicted molar refractivity (Wildman–Crippen MR) is 99.1 cm³/mol. The fraction of sp³-hybridized carbons (Fsp3) is 0.737. The maximum Gasteiger partial charge on any atom is 0.348 e. The molecule has 0 aromatic carbocycles. The third kappa shape index (κ3) is 4.32. The molecule has 0 unspecified atom stereocenters. The molecular formula is C19H30N4O3. The SMILES string of the molecule is Cc1cc(C)n(CC(=O)N2CCC([C@@H](C)N3CCOCC3)CC2)c(=O)n1. The molecule has 3 rings (SSSR count). The highest BCUT2D eigenvalue weighted by molar-refractivity contribution is 5.76. The largest absolute Gasteiger partial charge is 0.379 e. The number of hydrogen-bond donors (Lipinski definition) is 0. The minimum absolute atomic E-state index is 0.0123. The minimum atomic E-state index is -0.341. The van der Waals surface area contributed by atoms with Gasteiger partial charge in [0.25, 0.3) is 0 Å². The van der Waals surface area contributed by atoms with Gasteiger partial charge in [0.1, 0.15) is 6.54 Å². The van der Waals surface area contributed by atoms with Crippen LogP contribution >= 0.6 is 0 Å². The summed E-state index contributed by atoms with van der Waals surface area (Å²) in [7, 11) is 0. The summed E-state index contributed by atoms with van der Waals surface area (Å²) in [5, 5.41) is 0. The highest BCUT2D eigenvalue weighted by Crippen LogP contribution is 2.24. The minimum Gasteiger partial charge on any atom is -0.379 e. The summed E-state index contributed by atoms with van der Waals surface area (Å²) in [6.45, 7) is 11.2. The van der Waals surface area contributed by atoms with Crippen LogP contribution < -0.4 is 5.69 Å². The molecule has 0 aliphatic carbocycles. The summed E-state index contributed by atoms with van der Waals surface area (Å²) >= 11 is 0. The normalized spacial score (nSPS) is 21.0. The van der Waals surface area contributed by atoms with E-state index >= 15 is 0 Å². The molecule has 0 saturated carbocycles. The topological polar surface area (TPSA) is 67.7 Å². The zero-order valence-electron chi connectivity index (χ0n) is 16.1. The van der Waals surface area contributed by atoms with E-state index in [9.17, 15) is 9.59 Å². The number of carbonyl (C=O) groups is 1. The average molecular weight is 362 g/mol. The third-order valence-corrected chi connectivity index (χ3v) is 5.84. The van der Waals surface area contributed by atoms with Crippen LogP contribution in [0.1, 0.15) is 31.2 Å². The fourth-order valence-electron chi connectivity index (χ4n) is 4.12. The Morgan fingerprint density at radius 3 is 2.50 bits per heavy atom. The number of ether oxygens (including phenoxy) is 1. The van der Waals surface area contributed by atoms with Crippen molar-refractivity contribution in [2.24, 2.45) is 5.92 Å². The maximum absolute atomic E-state index is 12.6. The number of piperidine rings is 1. The van der Waals surface area contributed by atoms with Crippen LogP contribution in [0.5, 0.6) is 0 Å². The molecule has 1 aromatic heterocycles. The zero-order valence-corrected chi connectivity index (χ0v) is 16.1. The van der Waals surface area contributed by atoms with Gasteiger partial charge in [-0.25, -0.2) is 4.79 Å². The van der Waals surface area contributed by atoms with Crippen LogP contribution in [0.4, 0.5) is 0 Å². The van der Waals surface area contributed by atoms with E-state index in [1.165, 1.54) is 4.57 Å². The molecule has 1 amide bonds. The Bertz CT molecular complexity index is 689. The van der Waals surface area contributed by atoms with Gasteiger partial charge in [0.2, 0.25) is 5.91 Å². The quantitative estimate of drug-likeness (QED) is 0.793. The van der Waals surface area contributed by atoms with Gasteiger partial charge >= 0.3 is 5.69 Å². The first-order valence-corrected chi connectivity index (χ1v) is 9.60. The lowest BCUT2D eigenvalue weighted by Crippen LogP contribution is -2.49. The first-order valence-electron chi connectivity index (χ1n) is 9.60. The first-order chi connectivity index (χ1) is 12.5. The molecular weight excluding hydrogens is 332 g/mol. The standard InChI is InChI=1S/C19H30N4O3/c1-14-12-15(2)23(19(25)20-14)13-18(24)22-6-4-17(5-7-22)16(3)21-8-10-26-11-9-21/h12,16-17H,4-11,13H2,1-3H3/t16-/m1/s1. The third-order valence-electron chi connectivity index (χ3n) is 5.84. The summed E-state index contributed by atoms with van der Waals surface area (Å²) in [5.74, 6) is 0.626. The van der Waals surface area contributed by atoms with Gasteiger partial charge in [-0.15, -0.1) is 0 Å². The number of morpholine rings is 1. The van der Waals surface area contributed by atoms with Crippen molar-refractivity contribution in [3.63, 3.8) is 0 Å². The molecule has 2 fully saturated rings. The Morgan fingerprint density at radius 2 is 1.88 bits per heavy atom. The number of rotatable bonds is 4. The molecule has 0 bridgehead atoms. The molecule has 0 N–H and O–H groups in total. The molecule has 0 spiro atoms. The van der Waals surface area contributed by atoms with E-state index in [1.54, 1.807) is 6.92 Å². The van der Waals surface area contributed by atoms with Crippen LogP contribution in [0.25, 0.3) is 0 Å². The lowest BCUT2D eigenvalue weighted by atomic mass is 9.89. The molecule has 2 aliphatic rings. The molecule has 1 aromatic rings. The number of amides is 1. The van der Waals surface area contributed by atoms with Crippen molar-refractivity contribution in [2.45, 2.75) is 46.2 Å². The van der Waals surface area contributed by atoms with Crippen molar-refractivity contribution in [3.05, 3.63) is 27.9 Å². The number of carbonyl (C=O) groups excluding carboxylic acids is 1. The van der Waals surface area contributed by atoms with Crippen LogP contribution in [0.2, 0.25) is 0 Å². The van der Waals surface area contributed by atoms with Gasteiger partial charge in [-0.05, 0) is 45.6 Å². The van der Waals surface area contributed by atoms with Crippen molar-refractivity contribution in [3.8, 4) is 0 Å². The van der Waals surface area contributed by atoms with E-state index < -0.39 is 0 Å². The molecule has 7 nitrogen and oxygen atoms in total. The number of hydrogen-bond acceptors (Lipinski definition) is 5. The van der Waals surface area contributed by atoms with Gasteiger partial charge in [0, 0.05) is 43.6 Å². The van der Waals surface area contributed by atoms with E-state index in [0.29, 0.717) is 17.7 Å². The predicted octanol–water partition coefficient (Wildman–Crippen LogP) is 0.819. The Morgan fingerprint density at radius 1 is 1.23 bits per heavy atom. The molecule has 26 heavy (non-hydrogen) atoms. The highest BCUT2D eigenvalue weighted by Gasteiger charge is 2.30. The molecule has 2 saturated heterocycles. The Labute approximate surface area is 154 Å². The number of aromatic nitrogens is 2. The average Bonchev–Trinajstić information content (AvgIpc) is 2.64. The van der Waals surface area contributed by atoms with E-state index in [4.69, 9.17) is 4.74 Å². The van der Waals surface area contributed by atoms with Crippen molar-refractivity contribution in [1.29, 1.82) is 0 Å². The molecule has 0 radical (unpaired) electrons. The number of nitrogens with zero attached hydrogens (tertiary/aromatic N) is 4. The number of likely N-dealkylation sites (tertiary alicyclic amines) is 1. The monoisotopic (exact) mass is 362 g/mol. The zero-order chi connectivity index (χ0) is 18.7. The van der Waals surface area contributed by atoms with Gasteiger partial charge in [0.15, 0.2) is 0 Å². The van der Waals surface area contributed by atoms with Crippen LogP contribution in [-0.2, 0) is 16.1 Å². The van der Waals surface area contributed by atoms with Crippen molar-refractivity contribution < 1.29 is 9.53 Å². The van der Waals surface area contributed by atoms with Gasteiger partial charge in [-0.3, -0.25) is 14.3 Å². The van der Waals surface area contributed by atoms with E-state index in [0.717, 1.165) is 57.9 Å². The summed E-state index contributed by atoms with van der Waals surface area (Å²) in [6.07, 6.45) is 2.04. The lowest BCUT2D eigenvalue weighted by Gasteiger charge is -2.41. The molecule has 3 heterocycles. The Balaban J connectivity index is 1.54. The summed E-state index contributed by atoms with van der Waals surface area (Å²) in [6, 6.07) is 2.37. The molecule has 144 valence electrons. The maximum atomic E-state index is 12.6. The van der Waals surface area contributed by atoms with Gasteiger partial charge in [0.05, 0.1) is 13.2 Å². The van der Waals surface area contributed by atoms with E-state index in [2.05, 4.69) is 16.8 Å². The first kappa shape index (κ1) is 19.0. The second kappa shape index (κ2) is 8.31. The molecule has 1 atom stereocenters. The highest BCUT2D eigenvalue weighted by atomic mass is 16.5.